The van der Waals surface area contributed by atoms with Crippen molar-refractivity contribution in [1.82, 2.24) is 10.3 Å². The number of aromatic nitrogens is 1. The molecule has 1 aliphatic carbocycles. The Morgan fingerprint density at radius 3 is 2.52 bits per heavy atom. The number of pyridine rings is 1. The monoisotopic (exact) mass is 287 g/mol. The predicted octanol–water partition coefficient (Wildman–Crippen LogP) is 3.74. The van der Waals surface area contributed by atoms with E-state index in [2.05, 4.69) is 42.3 Å². The van der Waals surface area contributed by atoms with E-state index in [4.69, 9.17) is 4.98 Å². The second-order valence-electron chi connectivity index (χ2n) is 6.84. The first-order chi connectivity index (χ1) is 10.2. The maximum Gasteiger partial charge on any atom is 0.128 e. The van der Waals surface area contributed by atoms with Gasteiger partial charge in [-0.2, -0.15) is 0 Å². The zero-order chi connectivity index (χ0) is 14.7. The number of nitrogens with zero attached hydrogens (tertiary/aromatic N) is 2. The van der Waals surface area contributed by atoms with Crippen LogP contribution in [0.4, 0.5) is 5.82 Å². The normalized spacial score (nSPS) is 21.5. The topological polar surface area (TPSA) is 28.2 Å². The van der Waals surface area contributed by atoms with Crippen LogP contribution in [0.5, 0.6) is 0 Å². The second kappa shape index (κ2) is 6.35. The van der Waals surface area contributed by atoms with E-state index >= 15 is 0 Å². The summed E-state index contributed by atoms with van der Waals surface area (Å²) in [5.74, 6) is 1.17. The van der Waals surface area contributed by atoms with Crippen molar-refractivity contribution in [2.24, 2.45) is 5.41 Å². The number of nitrogens with one attached hydrogen (secondary N) is 1. The molecule has 1 saturated carbocycles. The fourth-order valence-corrected chi connectivity index (χ4v) is 3.45. The lowest BCUT2D eigenvalue weighted by molar-refractivity contribution is 0.199. The highest BCUT2D eigenvalue weighted by atomic mass is 15.2. The van der Waals surface area contributed by atoms with E-state index in [1.807, 2.05) is 0 Å². The first-order valence-corrected chi connectivity index (χ1v) is 8.69. The Hall–Kier alpha value is -1.09. The number of piperidine rings is 1. The molecule has 1 N–H and O–H groups in total. The molecule has 0 amide bonds. The van der Waals surface area contributed by atoms with Crippen LogP contribution in [0.1, 0.15) is 58.1 Å². The molecule has 1 aromatic heterocycles. The summed E-state index contributed by atoms with van der Waals surface area (Å²) in [6, 6.07) is 7.23. The van der Waals surface area contributed by atoms with Crippen molar-refractivity contribution in [2.75, 3.05) is 18.0 Å². The quantitative estimate of drug-likeness (QED) is 0.864. The van der Waals surface area contributed by atoms with E-state index in [9.17, 15) is 0 Å². The van der Waals surface area contributed by atoms with Gasteiger partial charge in [0.05, 0.1) is 5.69 Å². The minimum absolute atomic E-state index is 0.585. The lowest BCUT2D eigenvalue weighted by Gasteiger charge is -2.41. The largest absolute Gasteiger partial charge is 0.357 e. The maximum absolute atomic E-state index is 4.86. The van der Waals surface area contributed by atoms with E-state index < -0.39 is 0 Å². The molecule has 116 valence electrons. The molecule has 1 aromatic rings. The van der Waals surface area contributed by atoms with Gasteiger partial charge >= 0.3 is 0 Å². The van der Waals surface area contributed by atoms with Crippen LogP contribution in [0.2, 0.25) is 0 Å². The molecule has 21 heavy (non-hydrogen) atoms. The van der Waals surface area contributed by atoms with Gasteiger partial charge < -0.3 is 10.2 Å². The van der Waals surface area contributed by atoms with Gasteiger partial charge in [0.15, 0.2) is 0 Å². The summed E-state index contributed by atoms with van der Waals surface area (Å²) in [4.78, 5) is 7.34. The van der Waals surface area contributed by atoms with Crippen LogP contribution in [-0.2, 0) is 6.54 Å². The highest BCUT2D eigenvalue weighted by molar-refractivity contribution is 5.40. The van der Waals surface area contributed by atoms with E-state index in [0.717, 1.165) is 25.7 Å². The SMILES string of the molecule is CCC1(CC)CCN(c2cccc(CNC3CC3)n2)CC1. The number of hydrogen-bond donors (Lipinski definition) is 1. The van der Waals surface area contributed by atoms with E-state index in [1.54, 1.807) is 0 Å². The van der Waals surface area contributed by atoms with Gasteiger partial charge in [-0.05, 0) is 43.2 Å². The van der Waals surface area contributed by atoms with Crippen molar-refractivity contribution < 1.29 is 0 Å². The molecule has 0 bridgehead atoms. The molecule has 1 aliphatic heterocycles. The molecule has 1 saturated heterocycles. The van der Waals surface area contributed by atoms with Gasteiger partial charge in [0, 0.05) is 25.7 Å². The van der Waals surface area contributed by atoms with E-state index in [-0.39, 0.29) is 0 Å². The van der Waals surface area contributed by atoms with Gasteiger partial charge in [0.25, 0.3) is 0 Å². The minimum Gasteiger partial charge on any atom is -0.357 e. The summed E-state index contributed by atoms with van der Waals surface area (Å²) < 4.78 is 0. The fourth-order valence-electron chi connectivity index (χ4n) is 3.45. The Labute approximate surface area is 129 Å². The van der Waals surface area contributed by atoms with Gasteiger partial charge in [0.1, 0.15) is 5.82 Å². The van der Waals surface area contributed by atoms with Gasteiger partial charge in [0.2, 0.25) is 0 Å². The summed E-state index contributed by atoms with van der Waals surface area (Å²) in [6.07, 6.45) is 7.93. The zero-order valence-electron chi connectivity index (χ0n) is 13.6. The lowest BCUT2D eigenvalue weighted by Crippen LogP contribution is -2.40. The number of rotatable bonds is 6. The predicted molar refractivity (Wildman–Crippen MR) is 88.6 cm³/mol. The third-order valence-corrected chi connectivity index (χ3v) is 5.59. The van der Waals surface area contributed by atoms with Crippen LogP contribution in [0, 0.1) is 5.41 Å². The summed E-state index contributed by atoms with van der Waals surface area (Å²) in [6.45, 7) is 7.94. The van der Waals surface area contributed by atoms with Gasteiger partial charge in [-0.15, -0.1) is 0 Å². The number of anilines is 1. The molecule has 2 fully saturated rings. The van der Waals surface area contributed by atoms with E-state index in [1.165, 1.54) is 50.0 Å². The molecule has 3 rings (SSSR count). The van der Waals surface area contributed by atoms with Crippen LogP contribution in [0.3, 0.4) is 0 Å². The summed E-state index contributed by atoms with van der Waals surface area (Å²) in [7, 11) is 0. The molecule has 0 unspecified atom stereocenters. The molecule has 2 aliphatic rings. The molecule has 0 aromatic carbocycles. The molecular weight excluding hydrogens is 258 g/mol. The summed E-state index contributed by atoms with van der Waals surface area (Å²) in [5.41, 5.74) is 1.77. The number of hydrogen-bond acceptors (Lipinski definition) is 3. The van der Waals surface area contributed by atoms with Crippen LogP contribution < -0.4 is 10.2 Å². The molecule has 0 spiro atoms. The first kappa shape index (κ1) is 14.8. The fraction of sp³-hybridized carbons (Fsp3) is 0.722. The standard InChI is InChI=1S/C18H29N3/c1-3-18(4-2)10-12-21(13-11-18)17-7-5-6-16(20-17)14-19-15-8-9-15/h5-7,15,19H,3-4,8-14H2,1-2H3. The van der Waals surface area contributed by atoms with Crippen LogP contribution in [0.15, 0.2) is 18.2 Å². The van der Waals surface area contributed by atoms with Crippen LogP contribution >= 0.6 is 0 Å². The molecule has 2 heterocycles. The summed E-state index contributed by atoms with van der Waals surface area (Å²) >= 11 is 0. The second-order valence-corrected chi connectivity index (χ2v) is 6.84. The minimum atomic E-state index is 0.585. The van der Waals surface area contributed by atoms with Gasteiger partial charge in [-0.1, -0.05) is 32.8 Å². The average Bonchev–Trinajstić information content (AvgIpc) is 3.38. The van der Waals surface area contributed by atoms with Crippen molar-refractivity contribution >= 4 is 5.82 Å². The molecule has 0 atom stereocenters. The van der Waals surface area contributed by atoms with Crippen molar-refractivity contribution in [2.45, 2.75) is 65.0 Å². The molecule has 3 heteroatoms. The zero-order valence-corrected chi connectivity index (χ0v) is 13.6. The third-order valence-electron chi connectivity index (χ3n) is 5.59. The third kappa shape index (κ3) is 3.57. The Kier molecular flexibility index (Phi) is 4.48. The van der Waals surface area contributed by atoms with Crippen molar-refractivity contribution in [3.8, 4) is 0 Å². The maximum atomic E-state index is 4.86. The highest BCUT2D eigenvalue weighted by Crippen LogP contribution is 2.38. The van der Waals surface area contributed by atoms with Crippen molar-refractivity contribution in [3.05, 3.63) is 23.9 Å². The van der Waals surface area contributed by atoms with Crippen LogP contribution in [0.25, 0.3) is 0 Å². The Balaban J connectivity index is 1.60. The molecule has 0 radical (unpaired) electrons. The van der Waals surface area contributed by atoms with Crippen molar-refractivity contribution in [3.63, 3.8) is 0 Å². The van der Waals surface area contributed by atoms with Crippen LogP contribution in [-0.4, -0.2) is 24.1 Å². The Morgan fingerprint density at radius 2 is 1.90 bits per heavy atom. The molecule has 3 nitrogen and oxygen atoms in total. The Bertz CT molecular complexity index is 453. The van der Waals surface area contributed by atoms with E-state index in [0.29, 0.717) is 5.41 Å². The highest BCUT2D eigenvalue weighted by Gasteiger charge is 2.31. The smallest absolute Gasteiger partial charge is 0.128 e. The summed E-state index contributed by atoms with van der Waals surface area (Å²) in [5, 5.41) is 3.55. The molecular formula is C18H29N3. The average molecular weight is 287 g/mol. The Morgan fingerprint density at radius 1 is 1.19 bits per heavy atom. The lowest BCUT2D eigenvalue weighted by atomic mass is 9.74. The first-order valence-electron chi connectivity index (χ1n) is 8.69. The van der Waals surface area contributed by atoms with Gasteiger partial charge in [-0.3, -0.25) is 0 Å². The van der Waals surface area contributed by atoms with Gasteiger partial charge in [-0.25, -0.2) is 4.98 Å². The van der Waals surface area contributed by atoms with Crippen molar-refractivity contribution in [1.29, 1.82) is 0 Å².